The van der Waals surface area contributed by atoms with Crippen molar-refractivity contribution in [2.45, 2.75) is 39.5 Å². The van der Waals surface area contributed by atoms with Gasteiger partial charge in [0, 0.05) is 16.0 Å². The highest BCUT2D eigenvalue weighted by Gasteiger charge is 2.38. The first kappa shape index (κ1) is 19.8. The minimum Gasteiger partial charge on any atom is -0.294 e. The lowest BCUT2D eigenvalue weighted by atomic mass is 9.66. The Morgan fingerprint density at radius 3 is 2.37 bits per heavy atom. The average molecular weight is 423 g/mol. The van der Waals surface area contributed by atoms with Gasteiger partial charge in [0.1, 0.15) is 0 Å². The highest BCUT2D eigenvalue weighted by molar-refractivity contribution is 9.10. The molecule has 2 aromatic rings. The molecule has 1 aliphatic carbocycles. The molecule has 0 N–H and O–H groups in total. The molecule has 0 aliphatic heterocycles. The summed E-state index contributed by atoms with van der Waals surface area (Å²) in [6.07, 6.45) is 6.46. The maximum atomic E-state index is 13.6. The molecule has 1 nitrogen and oxygen atoms in total. The van der Waals surface area contributed by atoms with Crippen molar-refractivity contribution >= 4 is 21.7 Å². The van der Waals surface area contributed by atoms with Crippen LogP contribution in [0.3, 0.4) is 0 Å². The van der Waals surface area contributed by atoms with Crippen LogP contribution in [0.15, 0.2) is 82.4 Å². The second-order valence-corrected chi connectivity index (χ2v) is 8.64. The maximum Gasteiger partial charge on any atom is 0.167 e. The fourth-order valence-electron chi connectivity index (χ4n) is 4.09. The van der Waals surface area contributed by atoms with E-state index in [0.29, 0.717) is 0 Å². The molecule has 2 aromatic carbocycles. The highest BCUT2D eigenvalue weighted by atomic mass is 79.9. The summed E-state index contributed by atoms with van der Waals surface area (Å²) in [4.78, 5) is 13.6. The van der Waals surface area contributed by atoms with Gasteiger partial charge in [-0.2, -0.15) is 0 Å². The predicted molar refractivity (Wildman–Crippen MR) is 117 cm³/mol. The van der Waals surface area contributed by atoms with E-state index in [1.165, 1.54) is 16.7 Å². The number of benzene rings is 2. The van der Waals surface area contributed by atoms with Crippen molar-refractivity contribution in [1.82, 2.24) is 0 Å². The van der Waals surface area contributed by atoms with Crippen LogP contribution < -0.4 is 0 Å². The topological polar surface area (TPSA) is 17.1 Å². The number of rotatable bonds is 5. The summed E-state index contributed by atoms with van der Waals surface area (Å²) in [5.74, 6) is 0.696. The molecule has 2 heteroatoms. The molecular formula is C25H27BrO. The minimum absolute atomic E-state index is 0.0332. The van der Waals surface area contributed by atoms with Crippen molar-refractivity contribution in [1.29, 1.82) is 0 Å². The van der Waals surface area contributed by atoms with E-state index in [2.05, 4.69) is 73.1 Å². The molecule has 0 fully saturated rings. The van der Waals surface area contributed by atoms with E-state index in [0.717, 1.165) is 22.9 Å². The molecule has 3 rings (SSSR count). The Balaban J connectivity index is 2.03. The molecule has 0 unspecified atom stereocenters. The summed E-state index contributed by atoms with van der Waals surface area (Å²) in [6.45, 7) is 6.44. The molecule has 140 valence electrons. The van der Waals surface area contributed by atoms with E-state index in [9.17, 15) is 4.79 Å². The van der Waals surface area contributed by atoms with Gasteiger partial charge in [0.05, 0.1) is 0 Å². The Bertz CT molecular complexity index is 842. The van der Waals surface area contributed by atoms with E-state index >= 15 is 0 Å². The van der Waals surface area contributed by atoms with Gasteiger partial charge in [-0.1, -0.05) is 81.7 Å². The largest absolute Gasteiger partial charge is 0.294 e. The number of allylic oxidation sites excluding steroid dienone is 4. The van der Waals surface area contributed by atoms with Crippen LogP contribution in [-0.4, -0.2) is 5.78 Å². The fraction of sp³-hybridized carbons (Fsp3) is 0.320. The van der Waals surface area contributed by atoms with Crippen molar-refractivity contribution < 1.29 is 4.79 Å². The number of carbonyl (C=O) groups excluding carboxylic acids is 1. The molecule has 0 bridgehead atoms. The Morgan fingerprint density at radius 2 is 1.74 bits per heavy atom. The van der Waals surface area contributed by atoms with Crippen LogP contribution in [0.1, 0.15) is 55.5 Å². The summed E-state index contributed by atoms with van der Waals surface area (Å²) in [7, 11) is 0. The molecule has 0 heterocycles. The van der Waals surface area contributed by atoms with Gasteiger partial charge >= 0.3 is 0 Å². The van der Waals surface area contributed by atoms with Crippen LogP contribution in [0.5, 0.6) is 0 Å². The van der Waals surface area contributed by atoms with Gasteiger partial charge in [-0.25, -0.2) is 0 Å². The van der Waals surface area contributed by atoms with Crippen LogP contribution in [0.2, 0.25) is 0 Å². The molecule has 0 amide bonds. The van der Waals surface area contributed by atoms with Gasteiger partial charge in [0.2, 0.25) is 0 Å². The number of hydrogen-bond acceptors (Lipinski definition) is 1. The van der Waals surface area contributed by atoms with E-state index in [1.807, 2.05) is 30.3 Å². The first-order valence-electron chi connectivity index (χ1n) is 9.62. The van der Waals surface area contributed by atoms with Gasteiger partial charge in [0.25, 0.3) is 0 Å². The SMILES string of the molecule is CC(C)=CC[C@@H]1C(C)=CC[C@@H](c2ccccc2)[C@@H]1C(=O)c1ccc(Br)cc1. The van der Waals surface area contributed by atoms with Gasteiger partial charge in [0.15, 0.2) is 5.78 Å². The van der Waals surface area contributed by atoms with E-state index in [1.54, 1.807) is 0 Å². The number of halogens is 1. The van der Waals surface area contributed by atoms with Gasteiger partial charge < -0.3 is 0 Å². The van der Waals surface area contributed by atoms with E-state index < -0.39 is 0 Å². The zero-order chi connectivity index (χ0) is 19.4. The average Bonchev–Trinajstić information content (AvgIpc) is 2.67. The standard InChI is InChI=1S/C25H27BrO/c1-17(2)9-15-22-18(3)10-16-23(19-7-5-4-6-8-19)24(22)25(27)20-11-13-21(26)14-12-20/h4-14,22-24H,15-16H2,1-3H3/t22-,23+,24-/m1/s1. The van der Waals surface area contributed by atoms with Gasteiger partial charge in [-0.3, -0.25) is 4.79 Å². The smallest absolute Gasteiger partial charge is 0.167 e. The number of carbonyl (C=O) groups is 1. The molecule has 0 saturated carbocycles. The quantitative estimate of drug-likeness (QED) is 0.363. The van der Waals surface area contributed by atoms with Crippen LogP contribution in [0.25, 0.3) is 0 Å². The number of ketones is 1. The van der Waals surface area contributed by atoms with E-state index in [-0.39, 0.29) is 23.5 Å². The predicted octanol–water partition coefficient (Wildman–Crippen LogP) is 7.35. The molecule has 1 aliphatic rings. The zero-order valence-electron chi connectivity index (χ0n) is 16.3. The second-order valence-electron chi connectivity index (χ2n) is 7.72. The van der Waals surface area contributed by atoms with Crippen LogP contribution in [0, 0.1) is 11.8 Å². The summed E-state index contributed by atoms with van der Waals surface area (Å²) in [5, 5.41) is 0. The van der Waals surface area contributed by atoms with Crippen molar-refractivity contribution in [2.75, 3.05) is 0 Å². The summed E-state index contributed by atoms with van der Waals surface area (Å²) in [6, 6.07) is 18.3. The van der Waals surface area contributed by atoms with Crippen molar-refractivity contribution in [3.63, 3.8) is 0 Å². The Morgan fingerprint density at radius 1 is 1.07 bits per heavy atom. The second kappa shape index (κ2) is 8.84. The van der Waals surface area contributed by atoms with Crippen LogP contribution in [0.4, 0.5) is 0 Å². The Kier molecular flexibility index (Phi) is 6.49. The molecule has 0 spiro atoms. The maximum absolute atomic E-state index is 13.6. The first-order chi connectivity index (χ1) is 13.0. The molecule has 0 aromatic heterocycles. The minimum atomic E-state index is -0.0332. The van der Waals surface area contributed by atoms with Crippen molar-refractivity contribution in [3.8, 4) is 0 Å². The molecule has 27 heavy (non-hydrogen) atoms. The third-order valence-corrected chi connectivity index (χ3v) is 6.11. The molecular weight excluding hydrogens is 396 g/mol. The lowest BCUT2D eigenvalue weighted by Gasteiger charge is -2.37. The molecule has 0 radical (unpaired) electrons. The zero-order valence-corrected chi connectivity index (χ0v) is 17.9. The first-order valence-corrected chi connectivity index (χ1v) is 10.4. The number of hydrogen-bond donors (Lipinski definition) is 0. The fourth-order valence-corrected chi connectivity index (χ4v) is 4.35. The summed E-state index contributed by atoms with van der Waals surface area (Å²) in [5.41, 5.74) is 4.72. The number of Topliss-reactive ketones (excluding diaryl/α,β-unsaturated/α-hetero) is 1. The van der Waals surface area contributed by atoms with E-state index in [4.69, 9.17) is 0 Å². The van der Waals surface area contributed by atoms with Gasteiger partial charge in [-0.05, 0) is 63.1 Å². The highest BCUT2D eigenvalue weighted by Crippen LogP contribution is 2.44. The molecule has 3 atom stereocenters. The van der Waals surface area contributed by atoms with Crippen LogP contribution >= 0.6 is 15.9 Å². The monoisotopic (exact) mass is 422 g/mol. The van der Waals surface area contributed by atoms with Gasteiger partial charge in [-0.15, -0.1) is 0 Å². The lowest BCUT2D eigenvalue weighted by molar-refractivity contribution is 0.0850. The van der Waals surface area contributed by atoms with Crippen molar-refractivity contribution in [3.05, 3.63) is 93.5 Å². The lowest BCUT2D eigenvalue weighted by Crippen LogP contribution is -2.33. The third kappa shape index (κ3) is 4.68. The van der Waals surface area contributed by atoms with Crippen LogP contribution in [-0.2, 0) is 0 Å². The third-order valence-electron chi connectivity index (χ3n) is 5.58. The normalized spacial score (nSPS) is 22.1. The Labute approximate surface area is 171 Å². The summed E-state index contributed by atoms with van der Waals surface area (Å²) < 4.78 is 1.000. The van der Waals surface area contributed by atoms with Crippen molar-refractivity contribution in [2.24, 2.45) is 11.8 Å². The summed E-state index contributed by atoms with van der Waals surface area (Å²) >= 11 is 3.47. The molecule has 0 saturated heterocycles. The Hall–Kier alpha value is -1.93.